The van der Waals surface area contributed by atoms with Crippen molar-refractivity contribution >= 4 is 6.09 Å². The molecule has 0 aromatic heterocycles. The summed E-state index contributed by atoms with van der Waals surface area (Å²) in [6, 6.07) is 0. The Morgan fingerprint density at radius 1 is 1.50 bits per heavy atom. The monoisotopic (exact) mass is 197 g/mol. The lowest BCUT2D eigenvalue weighted by atomic mass is 9.96. The molecule has 0 aromatic rings. The van der Waals surface area contributed by atoms with E-state index in [-0.39, 0.29) is 11.5 Å². The van der Waals surface area contributed by atoms with Gasteiger partial charge < -0.3 is 4.74 Å². The molecule has 0 N–H and O–H groups in total. The smallest absolute Gasteiger partial charge is 0.410 e. The highest BCUT2D eigenvalue weighted by Gasteiger charge is 2.20. The highest BCUT2D eigenvalue weighted by molar-refractivity contribution is 5.68. The molecule has 0 aliphatic carbocycles. The number of nitrogens with zero attached hydrogens (tertiary/aromatic N) is 1. The fourth-order valence-electron chi connectivity index (χ4n) is 1.08. The van der Waals surface area contributed by atoms with Gasteiger partial charge in [-0.25, -0.2) is 4.79 Å². The standard InChI is InChI=1S/C11H19NO2/c1-6-8-12(9-11(3,4)5)10(13)14-7-2/h1H,7-9H2,2-5H3. The number of ether oxygens (including phenoxy) is 1. The second-order valence-electron chi connectivity index (χ2n) is 4.32. The van der Waals surface area contributed by atoms with Crippen LogP contribution in [0.25, 0.3) is 0 Å². The Bertz CT molecular complexity index is 222. The Morgan fingerprint density at radius 3 is 2.43 bits per heavy atom. The highest BCUT2D eigenvalue weighted by Crippen LogP contribution is 2.15. The summed E-state index contributed by atoms with van der Waals surface area (Å²) in [4.78, 5) is 13.0. The molecular formula is C11H19NO2. The first-order valence-electron chi connectivity index (χ1n) is 4.76. The number of carbonyl (C=O) groups is 1. The Kier molecular flexibility index (Phi) is 5.07. The van der Waals surface area contributed by atoms with Crippen LogP contribution in [0.3, 0.4) is 0 Å². The summed E-state index contributed by atoms with van der Waals surface area (Å²) >= 11 is 0. The molecule has 3 heteroatoms. The van der Waals surface area contributed by atoms with Crippen molar-refractivity contribution in [1.82, 2.24) is 4.90 Å². The van der Waals surface area contributed by atoms with Crippen LogP contribution in [0.5, 0.6) is 0 Å². The van der Waals surface area contributed by atoms with Gasteiger partial charge in [-0.3, -0.25) is 4.90 Å². The molecule has 14 heavy (non-hydrogen) atoms. The Labute approximate surface area is 86.4 Å². The fraction of sp³-hybridized carbons (Fsp3) is 0.727. The van der Waals surface area contributed by atoms with Crippen LogP contribution < -0.4 is 0 Å². The van der Waals surface area contributed by atoms with E-state index in [0.717, 1.165) is 0 Å². The van der Waals surface area contributed by atoms with Gasteiger partial charge in [0, 0.05) is 6.54 Å². The molecule has 0 unspecified atom stereocenters. The van der Waals surface area contributed by atoms with Gasteiger partial charge in [-0.1, -0.05) is 26.7 Å². The van der Waals surface area contributed by atoms with Crippen LogP contribution in [-0.4, -0.2) is 30.7 Å². The third-order valence-corrected chi connectivity index (χ3v) is 1.47. The normalized spacial score (nSPS) is 10.5. The third kappa shape index (κ3) is 5.47. The first kappa shape index (κ1) is 12.8. The Hall–Kier alpha value is -1.17. The van der Waals surface area contributed by atoms with Gasteiger partial charge in [0.15, 0.2) is 0 Å². The summed E-state index contributed by atoms with van der Waals surface area (Å²) in [5, 5.41) is 0. The summed E-state index contributed by atoms with van der Waals surface area (Å²) < 4.78 is 4.89. The molecule has 0 radical (unpaired) electrons. The zero-order valence-electron chi connectivity index (χ0n) is 9.46. The maximum Gasteiger partial charge on any atom is 0.410 e. The van der Waals surface area contributed by atoms with Gasteiger partial charge in [0.05, 0.1) is 13.2 Å². The lowest BCUT2D eigenvalue weighted by molar-refractivity contribution is 0.0989. The summed E-state index contributed by atoms with van der Waals surface area (Å²) in [5.74, 6) is 2.45. The van der Waals surface area contributed by atoms with Crippen LogP contribution in [0.15, 0.2) is 0 Å². The molecule has 3 nitrogen and oxygen atoms in total. The van der Waals surface area contributed by atoms with Gasteiger partial charge in [0.2, 0.25) is 0 Å². The van der Waals surface area contributed by atoms with Crippen LogP contribution >= 0.6 is 0 Å². The van der Waals surface area contributed by atoms with Gasteiger partial charge in [0.25, 0.3) is 0 Å². The van der Waals surface area contributed by atoms with Crippen molar-refractivity contribution in [2.24, 2.45) is 5.41 Å². The van der Waals surface area contributed by atoms with E-state index in [1.54, 1.807) is 11.8 Å². The quantitative estimate of drug-likeness (QED) is 0.649. The molecule has 0 fully saturated rings. The van der Waals surface area contributed by atoms with Crippen molar-refractivity contribution in [2.45, 2.75) is 27.7 Å². The summed E-state index contributed by atoms with van der Waals surface area (Å²) in [6.07, 6.45) is 4.85. The highest BCUT2D eigenvalue weighted by atomic mass is 16.6. The summed E-state index contributed by atoms with van der Waals surface area (Å²) in [6.45, 7) is 9.22. The van der Waals surface area contributed by atoms with E-state index in [0.29, 0.717) is 19.7 Å². The van der Waals surface area contributed by atoms with E-state index >= 15 is 0 Å². The van der Waals surface area contributed by atoms with Gasteiger partial charge >= 0.3 is 6.09 Å². The summed E-state index contributed by atoms with van der Waals surface area (Å²) in [7, 11) is 0. The molecule has 0 atom stereocenters. The van der Waals surface area contributed by atoms with Crippen molar-refractivity contribution in [3.63, 3.8) is 0 Å². The fourth-order valence-corrected chi connectivity index (χ4v) is 1.08. The minimum Gasteiger partial charge on any atom is -0.450 e. The van der Waals surface area contributed by atoms with E-state index in [2.05, 4.69) is 26.7 Å². The van der Waals surface area contributed by atoms with E-state index < -0.39 is 0 Å². The third-order valence-electron chi connectivity index (χ3n) is 1.47. The number of rotatable bonds is 3. The number of amides is 1. The number of terminal acetylenes is 1. The molecule has 0 saturated carbocycles. The summed E-state index contributed by atoms with van der Waals surface area (Å²) in [5.41, 5.74) is 0.0314. The maximum atomic E-state index is 11.4. The van der Waals surface area contributed by atoms with Gasteiger partial charge in [-0.15, -0.1) is 6.42 Å². The second kappa shape index (κ2) is 5.54. The van der Waals surface area contributed by atoms with Gasteiger partial charge in [-0.05, 0) is 12.3 Å². The van der Waals surface area contributed by atoms with Crippen molar-refractivity contribution in [3.05, 3.63) is 0 Å². The molecule has 0 aliphatic rings. The zero-order chi connectivity index (χ0) is 11.2. The molecule has 0 rings (SSSR count). The number of hydrogen-bond donors (Lipinski definition) is 0. The van der Waals surface area contributed by atoms with E-state index in [1.807, 2.05) is 0 Å². The Morgan fingerprint density at radius 2 is 2.07 bits per heavy atom. The van der Waals surface area contributed by atoms with Crippen LogP contribution in [0.2, 0.25) is 0 Å². The lowest BCUT2D eigenvalue weighted by Crippen LogP contribution is -2.38. The lowest BCUT2D eigenvalue weighted by Gasteiger charge is -2.27. The average molecular weight is 197 g/mol. The van der Waals surface area contributed by atoms with Crippen LogP contribution in [0.1, 0.15) is 27.7 Å². The minimum atomic E-state index is -0.333. The molecular weight excluding hydrogens is 178 g/mol. The van der Waals surface area contributed by atoms with E-state index in [1.165, 1.54) is 0 Å². The number of carbonyl (C=O) groups excluding carboxylic acids is 1. The molecule has 0 bridgehead atoms. The van der Waals surface area contributed by atoms with Crippen LogP contribution in [-0.2, 0) is 4.74 Å². The Balaban J connectivity index is 4.30. The van der Waals surface area contributed by atoms with E-state index in [9.17, 15) is 4.79 Å². The zero-order valence-corrected chi connectivity index (χ0v) is 9.46. The largest absolute Gasteiger partial charge is 0.450 e. The molecule has 0 heterocycles. The molecule has 0 spiro atoms. The van der Waals surface area contributed by atoms with Gasteiger partial charge in [0.1, 0.15) is 0 Å². The topological polar surface area (TPSA) is 29.5 Å². The predicted molar refractivity (Wildman–Crippen MR) is 56.9 cm³/mol. The first-order valence-corrected chi connectivity index (χ1v) is 4.76. The van der Waals surface area contributed by atoms with Crippen molar-refractivity contribution in [2.75, 3.05) is 19.7 Å². The average Bonchev–Trinajstić information content (AvgIpc) is 2.01. The van der Waals surface area contributed by atoms with Crippen molar-refractivity contribution < 1.29 is 9.53 Å². The van der Waals surface area contributed by atoms with Crippen LogP contribution in [0.4, 0.5) is 4.79 Å². The molecule has 0 aliphatic heterocycles. The number of hydrogen-bond acceptors (Lipinski definition) is 2. The maximum absolute atomic E-state index is 11.4. The van der Waals surface area contributed by atoms with Gasteiger partial charge in [-0.2, -0.15) is 0 Å². The van der Waals surface area contributed by atoms with Crippen molar-refractivity contribution in [1.29, 1.82) is 0 Å². The minimum absolute atomic E-state index is 0.0314. The predicted octanol–water partition coefficient (Wildman–Crippen LogP) is 2.12. The molecule has 0 aromatic carbocycles. The SMILES string of the molecule is C#CCN(CC(C)(C)C)C(=O)OCC. The molecule has 80 valence electrons. The van der Waals surface area contributed by atoms with E-state index in [4.69, 9.17) is 11.2 Å². The second-order valence-corrected chi connectivity index (χ2v) is 4.32. The molecule has 0 saturated heterocycles. The first-order chi connectivity index (χ1) is 6.40. The van der Waals surface area contributed by atoms with Crippen molar-refractivity contribution in [3.8, 4) is 12.3 Å². The van der Waals surface area contributed by atoms with Crippen LogP contribution in [0, 0.1) is 17.8 Å². The molecule has 1 amide bonds.